The molecule has 5 rings (SSSR count). The molecule has 0 saturated heterocycles. The van der Waals surface area contributed by atoms with Gasteiger partial charge in [0.1, 0.15) is 5.75 Å². The lowest BCUT2D eigenvalue weighted by atomic mass is 10.0. The number of carbonyl (C=O) groups is 2. The normalized spacial score (nSPS) is 11.4. The van der Waals surface area contributed by atoms with Crippen molar-refractivity contribution in [2.24, 2.45) is 5.10 Å². The summed E-state index contributed by atoms with van der Waals surface area (Å²) in [5, 5.41) is 6.65. The Morgan fingerprint density at radius 3 is 2.05 bits per heavy atom. The van der Waals surface area contributed by atoms with Crippen LogP contribution in [0, 0.1) is 0 Å². The Morgan fingerprint density at radius 2 is 1.36 bits per heavy atom. The molecule has 210 valence electrons. The predicted octanol–water partition coefficient (Wildman–Crippen LogP) is 6.93. The molecular weight excluding hydrogens is 597 g/mol. The summed E-state index contributed by atoms with van der Waals surface area (Å²) < 4.78 is 33.3. The van der Waals surface area contributed by atoms with Crippen LogP contribution in [-0.4, -0.2) is 26.5 Å². The summed E-state index contributed by atoms with van der Waals surface area (Å²) in [5.74, 6) is -0.852. The fourth-order valence-corrected chi connectivity index (χ4v) is 5.29. The van der Waals surface area contributed by atoms with Gasteiger partial charge >= 0.3 is 5.97 Å². The number of anilines is 1. The van der Waals surface area contributed by atoms with Crippen molar-refractivity contribution in [3.05, 3.63) is 136 Å². The molecule has 5 aromatic rings. The first-order valence-electron chi connectivity index (χ1n) is 12.4. The number of amides is 1. The molecule has 0 saturated carbocycles. The van der Waals surface area contributed by atoms with Crippen LogP contribution in [0.15, 0.2) is 119 Å². The third kappa shape index (κ3) is 6.77. The summed E-state index contributed by atoms with van der Waals surface area (Å²) in [4.78, 5) is 25.6. The highest BCUT2D eigenvalue weighted by molar-refractivity contribution is 7.92. The number of hydrogen-bond donors (Lipinski definition) is 2. The predicted molar refractivity (Wildman–Crippen MR) is 164 cm³/mol. The number of nitrogens with one attached hydrogen (secondary N) is 2. The van der Waals surface area contributed by atoms with Gasteiger partial charge in [-0.3, -0.25) is 9.52 Å². The zero-order chi connectivity index (χ0) is 29.7. The van der Waals surface area contributed by atoms with Gasteiger partial charge in [0.15, 0.2) is 0 Å². The molecule has 0 aliphatic carbocycles. The van der Waals surface area contributed by atoms with E-state index in [0.717, 1.165) is 10.8 Å². The number of nitrogens with zero attached hydrogens (tertiary/aromatic N) is 1. The smallest absolute Gasteiger partial charge is 0.343 e. The summed E-state index contributed by atoms with van der Waals surface area (Å²) >= 11 is 11.8. The number of ether oxygens (including phenoxy) is 1. The van der Waals surface area contributed by atoms with E-state index in [0.29, 0.717) is 21.2 Å². The Morgan fingerprint density at radius 1 is 0.738 bits per heavy atom. The van der Waals surface area contributed by atoms with Crippen LogP contribution in [0.3, 0.4) is 0 Å². The number of hydrogen-bond acceptors (Lipinski definition) is 6. The van der Waals surface area contributed by atoms with Crippen LogP contribution in [0.5, 0.6) is 5.75 Å². The molecule has 2 N–H and O–H groups in total. The monoisotopic (exact) mass is 617 g/mol. The second-order valence-corrected chi connectivity index (χ2v) is 11.5. The van der Waals surface area contributed by atoms with Crippen molar-refractivity contribution in [2.45, 2.75) is 4.90 Å². The largest absolute Gasteiger partial charge is 0.422 e. The Kier molecular flexibility index (Phi) is 8.53. The van der Waals surface area contributed by atoms with Crippen LogP contribution in [0.1, 0.15) is 26.3 Å². The van der Waals surface area contributed by atoms with E-state index in [1.807, 2.05) is 30.3 Å². The molecule has 5 aromatic carbocycles. The second-order valence-electron chi connectivity index (χ2n) is 8.93. The number of rotatable bonds is 8. The molecule has 1 amide bonds. The lowest BCUT2D eigenvalue weighted by molar-refractivity contribution is 0.0734. The second kappa shape index (κ2) is 12.4. The molecule has 0 aliphatic heterocycles. The molecule has 0 aromatic heterocycles. The first kappa shape index (κ1) is 28.8. The van der Waals surface area contributed by atoms with E-state index in [1.165, 1.54) is 54.7 Å². The van der Waals surface area contributed by atoms with E-state index >= 15 is 0 Å². The van der Waals surface area contributed by atoms with Gasteiger partial charge in [-0.1, -0.05) is 53.5 Å². The van der Waals surface area contributed by atoms with Gasteiger partial charge in [-0.2, -0.15) is 5.10 Å². The topological polar surface area (TPSA) is 114 Å². The van der Waals surface area contributed by atoms with E-state index in [4.69, 9.17) is 27.9 Å². The highest BCUT2D eigenvalue weighted by Crippen LogP contribution is 2.28. The summed E-state index contributed by atoms with van der Waals surface area (Å²) in [6, 6.07) is 28.9. The van der Waals surface area contributed by atoms with Crippen molar-refractivity contribution in [1.29, 1.82) is 0 Å². The fourth-order valence-electron chi connectivity index (χ4n) is 3.98. The zero-order valence-electron chi connectivity index (χ0n) is 21.6. The summed E-state index contributed by atoms with van der Waals surface area (Å²) in [5.41, 5.74) is 3.78. The standard InChI is InChI=1S/C31H21Cl2N3O5S/c32-23-10-5-22(6-11-23)31(38)41-29-18-9-20-3-1-2-4-27(20)28(29)19-34-35-30(37)21-7-14-25(15-8-21)36-42(39,40)26-16-12-24(33)13-17-26/h1-19,36H,(H,35,37)/b34-19+. The third-order valence-electron chi connectivity index (χ3n) is 6.10. The van der Waals surface area contributed by atoms with Crippen molar-refractivity contribution in [3.8, 4) is 5.75 Å². The average molecular weight is 618 g/mol. The number of halogens is 2. The minimum Gasteiger partial charge on any atom is -0.422 e. The van der Waals surface area contributed by atoms with Crippen LogP contribution in [0.2, 0.25) is 10.0 Å². The van der Waals surface area contributed by atoms with E-state index in [1.54, 1.807) is 30.3 Å². The molecule has 0 aliphatic rings. The molecule has 0 bridgehead atoms. The van der Waals surface area contributed by atoms with Crippen molar-refractivity contribution in [3.63, 3.8) is 0 Å². The molecule has 11 heteroatoms. The number of hydrazone groups is 1. The number of esters is 1. The first-order chi connectivity index (χ1) is 20.2. The summed E-state index contributed by atoms with van der Waals surface area (Å²) in [7, 11) is -3.83. The summed E-state index contributed by atoms with van der Waals surface area (Å²) in [6.45, 7) is 0. The van der Waals surface area contributed by atoms with Crippen LogP contribution in [0.25, 0.3) is 10.8 Å². The molecule has 0 atom stereocenters. The van der Waals surface area contributed by atoms with Crippen LogP contribution >= 0.6 is 23.2 Å². The van der Waals surface area contributed by atoms with Gasteiger partial charge < -0.3 is 4.74 Å². The Balaban J connectivity index is 1.31. The highest BCUT2D eigenvalue weighted by Gasteiger charge is 2.16. The van der Waals surface area contributed by atoms with Gasteiger partial charge in [0, 0.05) is 26.9 Å². The Hall–Kier alpha value is -4.70. The molecule has 8 nitrogen and oxygen atoms in total. The lowest BCUT2D eigenvalue weighted by Crippen LogP contribution is -2.18. The van der Waals surface area contributed by atoms with E-state index in [-0.39, 0.29) is 21.9 Å². The van der Waals surface area contributed by atoms with Gasteiger partial charge in [-0.05, 0) is 89.6 Å². The SMILES string of the molecule is O=C(N/N=C/c1c(OC(=O)c2ccc(Cl)cc2)ccc2ccccc12)c1ccc(NS(=O)(=O)c2ccc(Cl)cc2)cc1. The van der Waals surface area contributed by atoms with Crippen LogP contribution in [0.4, 0.5) is 5.69 Å². The fraction of sp³-hybridized carbons (Fsp3) is 0. The van der Waals surface area contributed by atoms with Crippen molar-refractivity contribution >= 4 is 67.8 Å². The quantitative estimate of drug-likeness (QED) is 0.0848. The van der Waals surface area contributed by atoms with Gasteiger partial charge in [-0.15, -0.1) is 0 Å². The molecule has 0 spiro atoms. The molecule has 42 heavy (non-hydrogen) atoms. The van der Waals surface area contributed by atoms with Gasteiger partial charge in [0.2, 0.25) is 0 Å². The first-order valence-corrected chi connectivity index (χ1v) is 14.6. The van der Waals surface area contributed by atoms with E-state index < -0.39 is 21.9 Å². The Labute approximate surface area is 251 Å². The van der Waals surface area contributed by atoms with Gasteiger partial charge in [-0.25, -0.2) is 18.6 Å². The number of fused-ring (bicyclic) bond motifs is 1. The maximum Gasteiger partial charge on any atom is 0.343 e. The van der Waals surface area contributed by atoms with Crippen LogP contribution < -0.4 is 14.9 Å². The molecule has 0 radical (unpaired) electrons. The molecule has 0 fully saturated rings. The third-order valence-corrected chi connectivity index (χ3v) is 8.00. The zero-order valence-corrected chi connectivity index (χ0v) is 24.0. The maximum absolute atomic E-state index is 12.8. The van der Waals surface area contributed by atoms with Crippen molar-refractivity contribution < 1.29 is 22.7 Å². The molecule has 0 heterocycles. The minimum absolute atomic E-state index is 0.0507. The number of benzene rings is 5. The lowest BCUT2D eigenvalue weighted by Gasteiger charge is -2.11. The maximum atomic E-state index is 12.8. The van der Waals surface area contributed by atoms with Gasteiger partial charge in [0.25, 0.3) is 15.9 Å². The molecular formula is C31H21Cl2N3O5S. The van der Waals surface area contributed by atoms with Crippen LogP contribution in [-0.2, 0) is 10.0 Å². The summed E-state index contributed by atoms with van der Waals surface area (Å²) in [6.07, 6.45) is 1.40. The van der Waals surface area contributed by atoms with E-state index in [2.05, 4.69) is 15.2 Å². The average Bonchev–Trinajstić information content (AvgIpc) is 2.98. The highest BCUT2D eigenvalue weighted by atomic mass is 35.5. The minimum atomic E-state index is -3.83. The van der Waals surface area contributed by atoms with Gasteiger partial charge in [0.05, 0.1) is 16.7 Å². The van der Waals surface area contributed by atoms with Crippen molar-refractivity contribution in [2.75, 3.05) is 4.72 Å². The number of sulfonamides is 1. The number of carbonyl (C=O) groups excluding carboxylic acids is 2. The van der Waals surface area contributed by atoms with E-state index in [9.17, 15) is 18.0 Å². The Bertz CT molecular complexity index is 1910. The van der Waals surface area contributed by atoms with Crippen molar-refractivity contribution in [1.82, 2.24) is 5.43 Å². The molecule has 0 unspecified atom stereocenters.